The Hall–Kier alpha value is -2.42. The molecule has 1 fully saturated rings. The van der Waals surface area contributed by atoms with Crippen LogP contribution >= 0.6 is 0 Å². The van der Waals surface area contributed by atoms with Crippen molar-refractivity contribution in [3.8, 4) is 6.07 Å². The van der Waals surface area contributed by atoms with Gasteiger partial charge >= 0.3 is 0 Å². The normalized spacial score (nSPS) is 14.7. The van der Waals surface area contributed by atoms with Crippen LogP contribution in [0.3, 0.4) is 0 Å². The van der Waals surface area contributed by atoms with E-state index < -0.39 is 10.8 Å². The Labute approximate surface area is 123 Å². The van der Waals surface area contributed by atoms with E-state index in [1.165, 1.54) is 11.0 Å². The van der Waals surface area contributed by atoms with Crippen LogP contribution < -0.4 is 0 Å². The number of carbonyl (C=O) groups is 1. The van der Waals surface area contributed by atoms with E-state index in [1.807, 2.05) is 6.07 Å². The zero-order chi connectivity index (χ0) is 15.4. The molecule has 0 bridgehead atoms. The third-order valence-electron chi connectivity index (χ3n) is 3.93. The zero-order valence-electron chi connectivity index (χ0n) is 11.9. The number of rotatable bonds is 4. The van der Waals surface area contributed by atoms with Crippen molar-refractivity contribution in [1.82, 2.24) is 4.90 Å². The highest BCUT2D eigenvalue weighted by molar-refractivity contribution is 5.99. The Bertz CT molecular complexity index is 601. The van der Waals surface area contributed by atoms with Crippen LogP contribution in [0.2, 0.25) is 0 Å². The van der Waals surface area contributed by atoms with Crippen molar-refractivity contribution in [3.63, 3.8) is 0 Å². The summed E-state index contributed by atoms with van der Waals surface area (Å²) >= 11 is 0. The van der Waals surface area contributed by atoms with Gasteiger partial charge in [0.2, 0.25) is 0 Å². The monoisotopic (exact) mass is 287 g/mol. The predicted octanol–water partition coefficient (Wildman–Crippen LogP) is 2.81. The summed E-state index contributed by atoms with van der Waals surface area (Å²) in [6, 6.07) is 6.59. The molecule has 0 aliphatic heterocycles. The van der Waals surface area contributed by atoms with Gasteiger partial charge in [-0.2, -0.15) is 5.26 Å². The summed E-state index contributed by atoms with van der Waals surface area (Å²) in [5.74, 6) is -0.409. The number of nitrogens with zero attached hydrogens (tertiary/aromatic N) is 3. The average Bonchev–Trinajstić information content (AvgIpc) is 2.97. The number of nitro groups is 1. The second-order valence-electron chi connectivity index (χ2n) is 5.26. The number of nitriles is 1. The maximum atomic E-state index is 12.7. The molecule has 1 saturated carbocycles. The highest BCUT2D eigenvalue weighted by atomic mass is 16.6. The van der Waals surface area contributed by atoms with Gasteiger partial charge in [0.15, 0.2) is 0 Å². The van der Waals surface area contributed by atoms with Gasteiger partial charge in [-0.15, -0.1) is 0 Å². The summed E-state index contributed by atoms with van der Waals surface area (Å²) in [6.45, 7) is 1.65. The summed E-state index contributed by atoms with van der Waals surface area (Å²) in [4.78, 5) is 24.8. The first-order chi connectivity index (χ1) is 10.1. The van der Waals surface area contributed by atoms with E-state index in [4.69, 9.17) is 5.26 Å². The smallest absolute Gasteiger partial charge is 0.282 e. The lowest BCUT2D eigenvalue weighted by molar-refractivity contribution is -0.385. The van der Waals surface area contributed by atoms with Gasteiger partial charge in [0, 0.05) is 12.1 Å². The van der Waals surface area contributed by atoms with Crippen LogP contribution in [0.1, 0.15) is 41.6 Å². The molecule has 0 heterocycles. The van der Waals surface area contributed by atoms with E-state index in [9.17, 15) is 14.9 Å². The molecule has 1 aromatic rings. The van der Waals surface area contributed by atoms with Gasteiger partial charge in [0.05, 0.1) is 11.0 Å². The highest BCUT2D eigenvalue weighted by Crippen LogP contribution is 2.28. The van der Waals surface area contributed by atoms with Gasteiger partial charge < -0.3 is 4.90 Å². The first-order valence-electron chi connectivity index (χ1n) is 6.98. The van der Waals surface area contributed by atoms with Crippen LogP contribution in [-0.2, 0) is 0 Å². The van der Waals surface area contributed by atoms with E-state index in [0.717, 1.165) is 25.7 Å². The average molecular weight is 287 g/mol. The standard InChI is InChI=1S/C15H17N3O3/c1-11-5-4-8-13(18(20)21)14(11)15(19)17(10-9-16)12-6-2-3-7-12/h4-5,8,12H,2-3,6-7,10H2,1H3. The van der Waals surface area contributed by atoms with Gasteiger partial charge in [0.1, 0.15) is 12.1 Å². The molecule has 1 aromatic carbocycles. The van der Waals surface area contributed by atoms with Gasteiger partial charge in [-0.3, -0.25) is 14.9 Å². The van der Waals surface area contributed by atoms with E-state index in [0.29, 0.717) is 5.56 Å². The summed E-state index contributed by atoms with van der Waals surface area (Å²) in [5.41, 5.74) is 0.473. The third kappa shape index (κ3) is 3.02. The number of aryl methyl sites for hydroxylation is 1. The van der Waals surface area contributed by atoms with Gasteiger partial charge in [0.25, 0.3) is 11.6 Å². The summed E-state index contributed by atoms with van der Waals surface area (Å²) in [6.07, 6.45) is 3.76. The second kappa shape index (κ2) is 6.35. The van der Waals surface area contributed by atoms with Crippen molar-refractivity contribution >= 4 is 11.6 Å². The Morgan fingerprint density at radius 1 is 1.48 bits per heavy atom. The molecule has 0 spiro atoms. The van der Waals surface area contributed by atoms with Crippen molar-refractivity contribution in [2.45, 2.75) is 38.6 Å². The van der Waals surface area contributed by atoms with E-state index in [1.54, 1.807) is 19.1 Å². The van der Waals surface area contributed by atoms with E-state index >= 15 is 0 Å². The Morgan fingerprint density at radius 3 is 2.71 bits per heavy atom. The minimum Gasteiger partial charge on any atom is -0.322 e. The summed E-state index contributed by atoms with van der Waals surface area (Å²) in [7, 11) is 0. The Balaban J connectivity index is 2.41. The predicted molar refractivity (Wildman–Crippen MR) is 76.7 cm³/mol. The Morgan fingerprint density at radius 2 is 2.14 bits per heavy atom. The molecule has 1 aliphatic rings. The minimum absolute atomic E-state index is 0.0105. The Kier molecular flexibility index (Phi) is 4.53. The quantitative estimate of drug-likeness (QED) is 0.484. The van der Waals surface area contributed by atoms with Gasteiger partial charge in [-0.05, 0) is 25.3 Å². The first-order valence-corrected chi connectivity index (χ1v) is 6.98. The lowest BCUT2D eigenvalue weighted by Crippen LogP contribution is -2.39. The highest BCUT2D eigenvalue weighted by Gasteiger charge is 2.32. The molecule has 0 saturated heterocycles. The van der Waals surface area contributed by atoms with E-state index in [2.05, 4.69) is 0 Å². The van der Waals surface area contributed by atoms with Crippen molar-refractivity contribution < 1.29 is 9.72 Å². The largest absolute Gasteiger partial charge is 0.322 e. The molecule has 0 N–H and O–H groups in total. The topological polar surface area (TPSA) is 87.2 Å². The first kappa shape index (κ1) is 15.0. The molecule has 21 heavy (non-hydrogen) atoms. The number of nitro benzene ring substituents is 1. The van der Waals surface area contributed by atoms with Gasteiger partial charge in [-0.25, -0.2) is 0 Å². The van der Waals surface area contributed by atoms with Crippen LogP contribution in [-0.4, -0.2) is 28.3 Å². The zero-order valence-corrected chi connectivity index (χ0v) is 11.9. The van der Waals surface area contributed by atoms with Crippen LogP contribution in [0, 0.1) is 28.4 Å². The van der Waals surface area contributed by atoms with Crippen LogP contribution in [0.5, 0.6) is 0 Å². The summed E-state index contributed by atoms with van der Waals surface area (Å²) in [5, 5.41) is 20.1. The second-order valence-corrected chi connectivity index (χ2v) is 5.26. The number of benzene rings is 1. The van der Waals surface area contributed by atoms with Crippen LogP contribution in [0.4, 0.5) is 5.69 Å². The number of carbonyl (C=O) groups excluding carboxylic acids is 1. The van der Waals surface area contributed by atoms with Crippen molar-refractivity contribution in [2.75, 3.05) is 6.54 Å². The number of hydrogen-bond donors (Lipinski definition) is 0. The lowest BCUT2D eigenvalue weighted by Gasteiger charge is -2.26. The van der Waals surface area contributed by atoms with Crippen molar-refractivity contribution in [2.24, 2.45) is 0 Å². The maximum Gasteiger partial charge on any atom is 0.282 e. The molecule has 0 unspecified atom stereocenters. The molecule has 110 valence electrons. The van der Waals surface area contributed by atoms with Crippen LogP contribution in [0.15, 0.2) is 18.2 Å². The van der Waals surface area contributed by atoms with Crippen LogP contribution in [0.25, 0.3) is 0 Å². The molecule has 2 rings (SSSR count). The summed E-state index contributed by atoms with van der Waals surface area (Å²) < 4.78 is 0. The fraction of sp³-hybridized carbons (Fsp3) is 0.467. The molecule has 0 atom stereocenters. The number of hydrogen-bond acceptors (Lipinski definition) is 4. The van der Waals surface area contributed by atoms with E-state index in [-0.39, 0.29) is 23.8 Å². The number of amides is 1. The van der Waals surface area contributed by atoms with Crippen molar-refractivity contribution in [1.29, 1.82) is 5.26 Å². The maximum absolute atomic E-state index is 12.7. The fourth-order valence-corrected chi connectivity index (χ4v) is 2.89. The fourth-order valence-electron chi connectivity index (χ4n) is 2.89. The molecule has 1 aliphatic carbocycles. The SMILES string of the molecule is Cc1cccc([N+](=O)[O-])c1C(=O)N(CC#N)C1CCCC1. The molecule has 1 amide bonds. The molecule has 6 nitrogen and oxygen atoms in total. The molecular formula is C15H17N3O3. The lowest BCUT2D eigenvalue weighted by atomic mass is 10.0. The third-order valence-corrected chi connectivity index (χ3v) is 3.93. The van der Waals surface area contributed by atoms with Crippen molar-refractivity contribution in [3.05, 3.63) is 39.4 Å². The molecule has 6 heteroatoms. The minimum atomic E-state index is -0.542. The molecule has 0 aromatic heterocycles. The van der Waals surface area contributed by atoms with Gasteiger partial charge in [-0.1, -0.05) is 25.0 Å². The molecular weight excluding hydrogens is 270 g/mol. The molecule has 0 radical (unpaired) electrons.